The maximum atomic E-state index is 11.5. The summed E-state index contributed by atoms with van der Waals surface area (Å²) in [4.78, 5) is 13.9. The van der Waals surface area contributed by atoms with Crippen LogP contribution in [0.1, 0.15) is 44.2 Å². The van der Waals surface area contributed by atoms with Crippen molar-refractivity contribution in [3.8, 4) is 0 Å². The van der Waals surface area contributed by atoms with Crippen LogP contribution in [-0.4, -0.2) is 28.6 Å². The lowest BCUT2D eigenvalue weighted by Crippen LogP contribution is -2.45. The maximum Gasteiger partial charge on any atom is 0.312 e. The topological polar surface area (TPSA) is 40.5 Å². The summed E-state index contributed by atoms with van der Waals surface area (Å²) in [6.07, 6.45) is 1.06. The summed E-state index contributed by atoms with van der Waals surface area (Å²) >= 11 is 0. The van der Waals surface area contributed by atoms with Gasteiger partial charge in [-0.15, -0.1) is 0 Å². The molecule has 3 heteroatoms. The highest BCUT2D eigenvalue weighted by Gasteiger charge is 2.33. The van der Waals surface area contributed by atoms with Crippen LogP contribution in [0.25, 0.3) is 0 Å². The van der Waals surface area contributed by atoms with Gasteiger partial charge in [-0.25, -0.2) is 0 Å². The Morgan fingerprint density at radius 1 is 1.42 bits per heavy atom. The molecule has 2 unspecified atom stereocenters. The number of carboxylic acids is 1. The fourth-order valence-electron chi connectivity index (χ4n) is 3.25. The second-order valence-corrected chi connectivity index (χ2v) is 5.74. The Kier molecular flexibility index (Phi) is 4.25. The Balaban J connectivity index is 2.32. The van der Waals surface area contributed by atoms with Crippen molar-refractivity contribution in [3.05, 3.63) is 35.4 Å². The van der Waals surface area contributed by atoms with E-state index in [1.807, 2.05) is 18.2 Å². The van der Waals surface area contributed by atoms with Gasteiger partial charge < -0.3 is 5.11 Å². The number of carbonyl (C=O) groups is 1. The summed E-state index contributed by atoms with van der Waals surface area (Å²) in [6, 6.07) is 8.41. The highest BCUT2D eigenvalue weighted by Crippen LogP contribution is 2.31. The number of carboxylic acid groups (broad SMARTS) is 1. The van der Waals surface area contributed by atoms with Gasteiger partial charge in [0.05, 0.1) is 5.92 Å². The zero-order chi connectivity index (χ0) is 14.0. The molecule has 0 amide bonds. The van der Waals surface area contributed by atoms with Gasteiger partial charge in [-0.3, -0.25) is 9.69 Å². The molecule has 1 N–H and O–H groups in total. The average molecular weight is 261 g/mol. The first kappa shape index (κ1) is 14.1. The molecule has 1 aromatic rings. The average Bonchev–Trinajstić information content (AvgIpc) is 2.38. The zero-order valence-corrected chi connectivity index (χ0v) is 12.0. The molecule has 2 atom stereocenters. The normalized spacial score (nSPS) is 21.2. The van der Waals surface area contributed by atoms with E-state index >= 15 is 0 Å². The molecule has 1 heterocycles. The lowest BCUT2D eigenvalue weighted by Gasteiger charge is -2.39. The predicted octanol–water partition coefficient (Wildman–Crippen LogP) is 3.11. The fraction of sp³-hybridized carbons (Fsp3) is 0.562. The quantitative estimate of drug-likeness (QED) is 0.905. The zero-order valence-electron chi connectivity index (χ0n) is 12.0. The molecule has 3 nitrogen and oxygen atoms in total. The van der Waals surface area contributed by atoms with Gasteiger partial charge in [0.2, 0.25) is 0 Å². The number of rotatable bonds is 4. The minimum atomic E-state index is -0.712. The predicted molar refractivity (Wildman–Crippen MR) is 76.1 cm³/mol. The molecule has 19 heavy (non-hydrogen) atoms. The van der Waals surface area contributed by atoms with Crippen molar-refractivity contribution in [1.82, 2.24) is 4.90 Å². The van der Waals surface area contributed by atoms with Crippen LogP contribution in [0.5, 0.6) is 0 Å². The second kappa shape index (κ2) is 5.74. The molecular formula is C16H23NO2. The number of fused-ring (bicyclic) bond motifs is 1. The van der Waals surface area contributed by atoms with E-state index in [4.69, 9.17) is 0 Å². The van der Waals surface area contributed by atoms with Gasteiger partial charge in [0.25, 0.3) is 0 Å². The van der Waals surface area contributed by atoms with Crippen molar-refractivity contribution in [3.63, 3.8) is 0 Å². The van der Waals surface area contributed by atoms with E-state index in [0.29, 0.717) is 18.5 Å². The highest BCUT2D eigenvalue weighted by atomic mass is 16.4. The van der Waals surface area contributed by atoms with Crippen LogP contribution in [0, 0.1) is 5.92 Å². The maximum absolute atomic E-state index is 11.5. The summed E-state index contributed by atoms with van der Waals surface area (Å²) in [5, 5.41) is 9.47. The number of hydrogen-bond donors (Lipinski definition) is 1. The second-order valence-electron chi connectivity index (χ2n) is 5.74. The highest BCUT2D eigenvalue weighted by molar-refractivity contribution is 5.77. The van der Waals surface area contributed by atoms with Crippen LogP contribution in [0.15, 0.2) is 24.3 Å². The first-order chi connectivity index (χ1) is 9.04. The van der Waals surface area contributed by atoms with Gasteiger partial charge >= 0.3 is 5.97 Å². The van der Waals surface area contributed by atoms with Gasteiger partial charge in [-0.1, -0.05) is 45.0 Å². The van der Waals surface area contributed by atoms with Crippen LogP contribution < -0.4 is 0 Å². The van der Waals surface area contributed by atoms with Crippen molar-refractivity contribution in [2.24, 2.45) is 5.92 Å². The molecule has 0 aromatic heterocycles. The van der Waals surface area contributed by atoms with Gasteiger partial charge in [0.15, 0.2) is 0 Å². The molecule has 1 aliphatic rings. The molecule has 0 aliphatic carbocycles. The number of benzene rings is 1. The molecule has 0 fully saturated rings. The van der Waals surface area contributed by atoms with E-state index in [-0.39, 0.29) is 0 Å². The van der Waals surface area contributed by atoms with Crippen LogP contribution >= 0.6 is 0 Å². The molecule has 0 saturated carbocycles. The van der Waals surface area contributed by atoms with Crippen molar-refractivity contribution in [2.75, 3.05) is 6.54 Å². The fourth-order valence-corrected chi connectivity index (χ4v) is 3.25. The molecule has 1 aromatic carbocycles. The van der Waals surface area contributed by atoms with E-state index in [0.717, 1.165) is 18.5 Å². The van der Waals surface area contributed by atoms with Crippen molar-refractivity contribution >= 4 is 5.97 Å². The Morgan fingerprint density at radius 3 is 2.68 bits per heavy atom. The standard InChI is InChI=1S/C16H23NO2/c1-4-15(11(2)3)17-9-12-7-5-6-8-13(12)14(10-17)16(18)19/h5-8,11,14-15H,4,9-10H2,1-3H3,(H,18,19). The number of nitrogens with zero attached hydrogens (tertiary/aromatic N) is 1. The van der Waals surface area contributed by atoms with E-state index in [2.05, 4.69) is 31.7 Å². The molecule has 0 saturated heterocycles. The van der Waals surface area contributed by atoms with Crippen LogP contribution in [0.4, 0.5) is 0 Å². The monoisotopic (exact) mass is 261 g/mol. The summed E-state index contributed by atoms with van der Waals surface area (Å²) in [7, 11) is 0. The first-order valence-corrected chi connectivity index (χ1v) is 7.09. The lowest BCUT2D eigenvalue weighted by atomic mass is 9.87. The summed E-state index contributed by atoms with van der Waals surface area (Å²) in [6.45, 7) is 8.11. The third-order valence-electron chi connectivity index (χ3n) is 4.18. The number of hydrogen-bond acceptors (Lipinski definition) is 2. The molecule has 0 radical (unpaired) electrons. The molecule has 2 rings (SSSR count). The van der Waals surface area contributed by atoms with E-state index in [1.165, 1.54) is 5.56 Å². The third kappa shape index (κ3) is 2.81. The third-order valence-corrected chi connectivity index (χ3v) is 4.18. The smallest absolute Gasteiger partial charge is 0.312 e. The summed E-state index contributed by atoms with van der Waals surface area (Å²) < 4.78 is 0. The van der Waals surface area contributed by atoms with Crippen molar-refractivity contribution < 1.29 is 9.90 Å². The Hall–Kier alpha value is -1.35. The van der Waals surface area contributed by atoms with Crippen LogP contribution in [0.3, 0.4) is 0 Å². The van der Waals surface area contributed by atoms with Gasteiger partial charge in [-0.05, 0) is 23.5 Å². The molecule has 0 bridgehead atoms. The van der Waals surface area contributed by atoms with Gasteiger partial charge in [-0.2, -0.15) is 0 Å². The largest absolute Gasteiger partial charge is 0.481 e. The SMILES string of the molecule is CCC(C(C)C)N1Cc2ccccc2C(C(=O)O)C1. The number of aliphatic carboxylic acids is 1. The molecular weight excluding hydrogens is 238 g/mol. The lowest BCUT2D eigenvalue weighted by molar-refractivity contribution is -0.140. The van der Waals surface area contributed by atoms with Crippen molar-refractivity contribution in [2.45, 2.75) is 45.7 Å². The van der Waals surface area contributed by atoms with Crippen LogP contribution in [0.2, 0.25) is 0 Å². The summed E-state index contributed by atoms with van der Waals surface area (Å²) in [5.41, 5.74) is 2.16. The molecule has 1 aliphatic heterocycles. The Morgan fingerprint density at radius 2 is 2.11 bits per heavy atom. The van der Waals surface area contributed by atoms with Crippen molar-refractivity contribution in [1.29, 1.82) is 0 Å². The van der Waals surface area contributed by atoms with Crippen LogP contribution in [-0.2, 0) is 11.3 Å². The van der Waals surface area contributed by atoms with E-state index in [9.17, 15) is 9.90 Å². The Labute approximate surface area is 115 Å². The molecule has 0 spiro atoms. The van der Waals surface area contributed by atoms with Gasteiger partial charge in [0, 0.05) is 19.1 Å². The molecule has 104 valence electrons. The van der Waals surface area contributed by atoms with E-state index in [1.54, 1.807) is 0 Å². The summed E-state index contributed by atoms with van der Waals surface area (Å²) in [5.74, 6) is -0.557. The van der Waals surface area contributed by atoms with E-state index < -0.39 is 11.9 Å². The first-order valence-electron chi connectivity index (χ1n) is 7.09. The Bertz CT molecular complexity index is 456. The minimum absolute atomic E-state index is 0.391. The van der Waals surface area contributed by atoms with Gasteiger partial charge in [0.1, 0.15) is 0 Å². The minimum Gasteiger partial charge on any atom is -0.481 e.